The van der Waals surface area contributed by atoms with Crippen molar-refractivity contribution in [3.8, 4) is 5.82 Å². The van der Waals surface area contributed by atoms with E-state index in [9.17, 15) is 0 Å². The zero-order valence-corrected chi connectivity index (χ0v) is 9.48. The van der Waals surface area contributed by atoms with Gasteiger partial charge in [-0.2, -0.15) is 5.10 Å². The fourth-order valence-electron chi connectivity index (χ4n) is 2.08. The van der Waals surface area contributed by atoms with Crippen LogP contribution in [0.5, 0.6) is 0 Å². The fourth-order valence-corrected chi connectivity index (χ4v) is 2.40. The Bertz CT molecular complexity index is 506. The van der Waals surface area contributed by atoms with Crippen LogP contribution in [0.2, 0.25) is 5.15 Å². The number of hydrogen-bond acceptors (Lipinski definition) is 3. The lowest BCUT2D eigenvalue weighted by Crippen LogP contribution is -2.01. The molecule has 5 heteroatoms. The molecule has 0 bridgehead atoms. The molecule has 1 aliphatic carbocycles. The summed E-state index contributed by atoms with van der Waals surface area (Å²) in [4.78, 5) is 8.05. The molecule has 0 aromatic carbocycles. The van der Waals surface area contributed by atoms with Gasteiger partial charge in [-0.25, -0.2) is 14.6 Å². The highest BCUT2D eigenvalue weighted by molar-refractivity contribution is 6.30. The minimum absolute atomic E-state index is 0.702. The van der Waals surface area contributed by atoms with Gasteiger partial charge >= 0.3 is 0 Å². The monoisotopic (exact) mass is 234 g/mol. The summed E-state index contributed by atoms with van der Waals surface area (Å²) in [6.07, 6.45) is 7.64. The van der Waals surface area contributed by atoms with Gasteiger partial charge in [0.15, 0.2) is 5.82 Å². The van der Waals surface area contributed by atoms with Gasteiger partial charge in [-0.15, -0.1) is 0 Å². The summed E-state index contributed by atoms with van der Waals surface area (Å²) in [5.41, 5.74) is 2.31. The van der Waals surface area contributed by atoms with Gasteiger partial charge in [0.1, 0.15) is 11.5 Å². The highest BCUT2D eigenvalue weighted by atomic mass is 35.5. The van der Waals surface area contributed by atoms with Crippen molar-refractivity contribution in [2.45, 2.75) is 25.7 Å². The van der Waals surface area contributed by atoms with E-state index in [4.69, 9.17) is 11.6 Å². The van der Waals surface area contributed by atoms with Crippen molar-refractivity contribution in [1.29, 1.82) is 0 Å². The SMILES string of the molecule is Clc1c2c(nn1-c1ccncn1)CCCC2. The first kappa shape index (κ1) is 9.78. The summed E-state index contributed by atoms with van der Waals surface area (Å²) in [6.45, 7) is 0. The Morgan fingerprint density at radius 3 is 2.88 bits per heavy atom. The smallest absolute Gasteiger partial charge is 0.158 e. The largest absolute Gasteiger partial charge is 0.245 e. The third-order valence-electron chi connectivity index (χ3n) is 2.88. The van der Waals surface area contributed by atoms with E-state index >= 15 is 0 Å². The van der Waals surface area contributed by atoms with Gasteiger partial charge in [0, 0.05) is 17.8 Å². The third-order valence-corrected chi connectivity index (χ3v) is 3.27. The van der Waals surface area contributed by atoms with E-state index in [1.807, 2.05) is 6.07 Å². The van der Waals surface area contributed by atoms with Gasteiger partial charge < -0.3 is 0 Å². The van der Waals surface area contributed by atoms with Gasteiger partial charge in [-0.1, -0.05) is 11.6 Å². The molecule has 0 saturated heterocycles. The number of rotatable bonds is 1. The zero-order chi connectivity index (χ0) is 11.0. The van der Waals surface area contributed by atoms with Gasteiger partial charge in [0.25, 0.3) is 0 Å². The van der Waals surface area contributed by atoms with Crippen LogP contribution in [0.4, 0.5) is 0 Å². The van der Waals surface area contributed by atoms with E-state index in [0.29, 0.717) is 5.15 Å². The molecule has 2 heterocycles. The molecule has 0 unspecified atom stereocenters. The van der Waals surface area contributed by atoms with E-state index in [0.717, 1.165) is 24.4 Å². The fraction of sp³-hybridized carbons (Fsp3) is 0.364. The Morgan fingerprint density at radius 1 is 1.25 bits per heavy atom. The van der Waals surface area contributed by atoms with Crippen LogP contribution in [0.15, 0.2) is 18.6 Å². The maximum absolute atomic E-state index is 6.32. The number of halogens is 1. The molecule has 4 nitrogen and oxygen atoms in total. The third kappa shape index (κ3) is 1.50. The predicted molar refractivity (Wildman–Crippen MR) is 60.8 cm³/mol. The Kier molecular flexibility index (Phi) is 2.36. The summed E-state index contributed by atoms with van der Waals surface area (Å²) in [5, 5.41) is 5.22. The average molecular weight is 235 g/mol. The molecule has 3 rings (SSSR count). The number of aryl methyl sites for hydroxylation is 1. The topological polar surface area (TPSA) is 43.6 Å². The van der Waals surface area contributed by atoms with Gasteiger partial charge in [0.05, 0.1) is 5.69 Å². The van der Waals surface area contributed by atoms with E-state index in [2.05, 4.69) is 15.1 Å². The maximum Gasteiger partial charge on any atom is 0.158 e. The normalized spacial score (nSPS) is 14.8. The van der Waals surface area contributed by atoms with Crippen LogP contribution in [0.1, 0.15) is 24.1 Å². The van der Waals surface area contributed by atoms with Crippen molar-refractivity contribution in [1.82, 2.24) is 19.7 Å². The quantitative estimate of drug-likeness (QED) is 0.760. The lowest BCUT2D eigenvalue weighted by molar-refractivity contribution is 0.670. The van der Waals surface area contributed by atoms with Crippen LogP contribution in [-0.4, -0.2) is 19.7 Å². The van der Waals surface area contributed by atoms with E-state index in [1.54, 1.807) is 10.9 Å². The summed E-state index contributed by atoms with van der Waals surface area (Å²) in [6, 6.07) is 1.81. The van der Waals surface area contributed by atoms with Gasteiger partial charge in [-0.3, -0.25) is 0 Å². The molecule has 0 atom stereocenters. The van der Waals surface area contributed by atoms with Crippen LogP contribution in [0.3, 0.4) is 0 Å². The van der Waals surface area contributed by atoms with E-state index < -0.39 is 0 Å². The molecule has 82 valence electrons. The van der Waals surface area contributed by atoms with Crippen LogP contribution < -0.4 is 0 Å². The lowest BCUT2D eigenvalue weighted by Gasteiger charge is -2.07. The number of aromatic nitrogens is 4. The first-order chi connectivity index (χ1) is 7.86. The minimum Gasteiger partial charge on any atom is -0.245 e. The number of fused-ring (bicyclic) bond motifs is 1. The highest BCUT2D eigenvalue weighted by Gasteiger charge is 2.20. The summed E-state index contributed by atoms with van der Waals surface area (Å²) in [5.74, 6) is 0.731. The summed E-state index contributed by atoms with van der Waals surface area (Å²) >= 11 is 6.32. The second-order valence-electron chi connectivity index (χ2n) is 3.90. The number of nitrogens with zero attached hydrogens (tertiary/aromatic N) is 4. The maximum atomic E-state index is 6.32. The second-order valence-corrected chi connectivity index (χ2v) is 4.26. The zero-order valence-electron chi connectivity index (χ0n) is 8.73. The molecule has 0 radical (unpaired) electrons. The molecular weight excluding hydrogens is 224 g/mol. The summed E-state index contributed by atoms with van der Waals surface area (Å²) < 4.78 is 1.71. The van der Waals surface area contributed by atoms with E-state index in [1.165, 1.54) is 24.7 Å². The molecule has 2 aromatic heterocycles. The molecular formula is C11H11ClN4. The van der Waals surface area contributed by atoms with Crippen molar-refractivity contribution in [2.75, 3.05) is 0 Å². The molecule has 0 fully saturated rings. The molecule has 0 saturated carbocycles. The second kappa shape index (κ2) is 3.87. The molecule has 1 aliphatic rings. The van der Waals surface area contributed by atoms with Crippen molar-refractivity contribution in [3.63, 3.8) is 0 Å². The van der Waals surface area contributed by atoms with Crippen LogP contribution in [0.25, 0.3) is 5.82 Å². The molecule has 0 spiro atoms. The van der Waals surface area contributed by atoms with Crippen molar-refractivity contribution in [2.24, 2.45) is 0 Å². The van der Waals surface area contributed by atoms with Gasteiger partial charge in [-0.05, 0) is 25.7 Å². The molecule has 0 amide bonds. The van der Waals surface area contributed by atoms with Crippen molar-refractivity contribution >= 4 is 11.6 Å². The van der Waals surface area contributed by atoms with Crippen LogP contribution in [-0.2, 0) is 12.8 Å². The molecule has 0 N–H and O–H groups in total. The average Bonchev–Trinajstić information content (AvgIpc) is 2.69. The minimum atomic E-state index is 0.702. The predicted octanol–water partition coefficient (Wildman–Crippen LogP) is 2.19. The summed E-state index contributed by atoms with van der Waals surface area (Å²) in [7, 11) is 0. The number of hydrogen-bond donors (Lipinski definition) is 0. The standard InChI is InChI=1S/C11H11ClN4/c12-11-8-3-1-2-4-9(8)15-16(11)10-5-6-13-7-14-10/h5-7H,1-4H2. The molecule has 2 aromatic rings. The molecule has 0 aliphatic heterocycles. The van der Waals surface area contributed by atoms with Crippen molar-refractivity contribution in [3.05, 3.63) is 35.0 Å². The first-order valence-electron chi connectivity index (χ1n) is 5.39. The first-order valence-corrected chi connectivity index (χ1v) is 5.77. The Hall–Kier alpha value is -1.42. The Balaban J connectivity index is 2.12. The highest BCUT2D eigenvalue weighted by Crippen LogP contribution is 2.28. The van der Waals surface area contributed by atoms with Crippen molar-refractivity contribution < 1.29 is 0 Å². The van der Waals surface area contributed by atoms with E-state index in [-0.39, 0.29) is 0 Å². The Labute approximate surface area is 98.3 Å². The van der Waals surface area contributed by atoms with Crippen LogP contribution in [0, 0.1) is 0 Å². The molecule has 16 heavy (non-hydrogen) atoms. The van der Waals surface area contributed by atoms with Gasteiger partial charge in [0.2, 0.25) is 0 Å². The lowest BCUT2D eigenvalue weighted by atomic mass is 9.99. The Morgan fingerprint density at radius 2 is 2.12 bits per heavy atom. The van der Waals surface area contributed by atoms with Crippen LogP contribution >= 0.6 is 11.6 Å².